The summed E-state index contributed by atoms with van der Waals surface area (Å²) in [6.07, 6.45) is 1.30. The second kappa shape index (κ2) is 6.70. The molecular formula is C15H19NO3S. The average Bonchev–Trinajstić information content (AvgIpc) is 3.03. The third kappa shape index (κ3) is 3.93. The number of ether oxygens (including phenoxy) is 1. The molecule has 2 aromatic rings. The molecule has 0 amide bonds. The second-order valence-corrected chi connectivity index (χ2v) is 6.04. The van der Waals surface area contributed by atoms with Crippen LogP contribution in [-0.4, -0.2) is 11.0 Å². The molecule has 0 unspecified atom stereocenters. The average molecular weight is 293 g/mol. The van der Waals surface area contributed by atoms with Gasteiger partial charge < -0.3 is 9.15 Å². The Morgan fingerprint density at radius 1 is 1.50 bits per heavy atom. The Hall–Kier alpha value is -1.62. The van der Waals surface area contributed by atoms with Gasteiger partial charge >= 0.3 is 5.97 Å². The predicted octanol–water partition coefficient (Wildman–Crippen LogP) is 4.19. The van der Waals surface area contributed by atoms with Crippen LogP contribution in [0.5, 0.6) is 0 Å². The molecule has 0 spiro atoms. The van der Waals surface area contributed by atoms with Crippen molar-refractivity contribution in [2.75, 3.05) is 0 Å². The Morgan fingerprint density at radius 2 is 2.30 bits per heavy atom. The number of carbonyl (C=O) groups excluding carboxylic acids is 1. The number of hydrogen-bond donors (Lipinski definition) is 0. The maximum absolute atomic E-state index is 11.6. The summed E-state index contributed by atoms with van der Waals surface area (Å²) in [6.45, 7) is 6.18. The lowest BCUT2D eigenvalue weighted by atomic mass is 10.1. The molecule has 2 rings (SSSR count). The lowest BCUT2D eigenvalue weighted by molar-refractivity contribution is -0.145. The van der Waals surface area contributed by atoms with Crippen molar-refractivity contribution in [3.05, 3.63) is 29.0 Å². The molecule has 0 aliphatic heterocycles. The van der Waals surface area contributed by atoms with Crippen molar-refractivity contribution >= 4 is 17.3 Å². The smallest absolute Gasteiger partial charge is 0.306 e. The summed E-state index contributed by atoms with van der Waals surface area (Å²) in [7, 11) is 0. The van der Waals surface area contributed by atoms with E-state index in [1.54, 1.807) is 11.3 Å². The van der Waals surface area contributed by atoms with Crippen molar-refractivity contribution in [1.29, 1.82) is 0 Å². The number of hydrogen-bond acceptors (Lipinski definition) is 5. The zero-order valence-corrected chi connectivity index (χ0v) is 12.8. The minimum absolute atomic E-state index is 0.178. The Bertz CT molecular complexity index is 558. The van der Waals surface area contributed by atoms with E-state index in [9.17, 15) is 4.79 Å². The van der Waals surface area contributed by atoms with Crippen molar-refractivity contribution in [2.24, 2.45) is 5.92 Å². The van der Waals surface area contributed by atoms with E-state index in [2.05, 4.69) is 18.8 Å². The largest absolute Gasteiger partial charge is 0.459 e. The summed E-state index contributed by atoms with van der Waals surface area (Å²) >= 11 is 1.57. The van der Waals surface area contributed by atoms with E-state index in [0.717, 1.165) is 11.3 Å². The molecule has 4 nitrogen and oxygen atoms in total. The number of nitrogens with zero attached hydrogens (tertiary/aromatic N) is 1. The minimum atomic E-state index is -0.182. The van der Waals surface area contributed by atoms with Crippen LogP contribution in [0.3, 0.4) is 0 Å². The van der Waals surface area contributed by atoms with Crippen LogP contribution in [0.25, 0.3) is 10.8 Å². The van der Waals surface area contributed by atoms with Gasteiger partial charge in [-0.2, -0.15) is 0 Å². The fourth-order valence-electron chi connectivity index (χ4n) is 1.70. The fraction of sp³-hybridized carbons (Fsp3) is 0.467. The highest BCUT2D eigenvalue weighted by molar-refractivity contribution is 7.13. The second-order valence-electron chi connectivity index (χ2n) is 5.09. The molecule has 0 aromatic carbocycles. The van der Waals surface area contributed by atoms with Crippen LogP contribution in [0, 0.1) is 12.8 Å². The molecule has 0 saturated carbocycles. The van der Waals surface area contributed by atoms with Crippen LogP contribution in [0.1, 0.15) is 38.1 Å². The van der Waals surface area contributed by atoms with E-state index in [1.165, 1.54) is 0 Å². The number of aromatic nitrogens is 1. The Kier molecular flexibility index (Phi) is 4.95. The van der Waals surface area contributed by atoms with Gasteiger partial charge in [0.05, 0.1) is 4.88 Å². The molecule has 20 heavy (non-hydrogen) atoms. The molecule has 0 aliphatic rings. The summed E-state index contributed by atoms with van der Waals surface area (Å²) in [5.41, 5.74) is 0.686. The molecule has 0 aliphatic carbocycles. The summed E-state index contributed by atoms with van der Waals surface area (Å²) in [6, 6.07) is 3.90. The fourth-order valence-corrected chi connectivity index (χ4v) is 2.34. The maximum Gasteiger partial charge on any atom is 0.306 e. The topological polar surface area (TPSA) is 52.3 Å². The lowest BCUT2D eigenvalue weighted by Crippen LogP contribution is -2.06. The number of oxazole rings is 1. The molecule has 0 N–H and O–H groups in total. The van der Waals surface area contributed by atoms with Gasteiger partial charge in [0, 0.05) is 6.42 Å². The van der Waals surface area contributed by atoms with E-state index in [-0.39, 0.29) is 12.6 Å². The number of aryl methyl sites for hydroxylation is 1. The Balaban J connectivity index is 1.92. The third-order valence-electron chi connectivity index (χ3n) is 2.92. The van der Waals surface area contributed by atoms with Crippen molar-refractivity contribution in [1.82, 2.24) is 4.98 Å². The molecule has 0 bridgehead atoms. The Labute approximate surface area is 122 Å². The number of thiophene rings is 1. The van der Waals surface area contributed by atoms with Gasteiger partial charge in [0.2, 0.25) is 5.89 Å². The van der Waals surface area contributed by atoms with Crippen LogP contribution >= 0.6 is 11.3 Å². The highest BCUT2D eigenvalue weighted by Crippen LogP contribution is 2.26. The molecule has 2 heterocycles. The molecule has 0 saturated heterocycles. The summed E-state index contributed by atoms with van der Waals surface area (Å²) in [4.78, 5) is 17.0. The standard InChI is InChI=1S/C15H19NO3S/c1-10(2)6-7-14(17)18-9-12-11(3)19-15(16-12)13-5-4-8-20-13/h4-5,8,10H,6-7,9H2,1-3H3. The van der Waals surface area contributed by atoms with Crippen LogP contribution in [0.2, 0.25) is 0 Å². The van der Waals surface area contributed by atoms with E-state index in [0.29, 0.717) is 29.7 Å². The quantitative estimate of drug-likeness (QED) is 0.749. The van der Waals surface area contributed by atoms with Crippen LogP contribution in [-0.2, 0) is 16.1 Å². The first-order chi connectivity index (χ1) is 9.56. The van der Waals surface area contributed by atoms with Gasteiger partial charge in [-0.15, -0.1) is 11.3 Å². The summed E-state index contributed by atoms with van der Waals surface area (Å²) in [5.74, 6) is 1.61. The van der Waals surface area contributed by atoms with E-state index >= 15 is 0 Å². The molecular weight excluding hydrogens is 274 g/mol. The first kappa shape index (κ1) is 14.8. The Morgan fingerprint density at radius 3 is 2.95 bits per heavy atom. The predicted molar refractivity (Wildman–Crippen MR) is 78.4 cm³/mol. The molecule has 108 valence electrons. The molecule has 0 radical (unpaired) electrons. The van der Waals surface area contributed by atoms with Crippen LogP contribution in [0.4, 0.5) is 0 Å². The zero-order chi connectivity index (χ0) is 14.5. The zero-order valence-electron chi connectivity index (χ0n) is 12.0. The van der Waals surface area contributed by atoms with Crippen molar-refractivity contribution in [3.63, 3.8) is 0 Å². The SMILES string of the molecule is Cc1oc(-c2cccs2)nc1COC(=O)CCC(C)C. The summed E-state index contributed by atoms with van der Waals surface area (Å²) < 4.78 is 10.8. The van der Waals surface area contributed by atoms with E-state index in [1.807, 2.05) is 24.4 Å². The van der Waals surface area contributed by atoms with E-state index < -0.39 is 0 Å². The number of rotatable bonds is 6. The number of carbonyl (C=O) groups is 1. The maximum atomic E-state index is 11.6. The van der Waals surface area contributed by atoms with Crippen LogP contribution < -0.4 is 0 Å². The van der Waals surface area contributed by atoms with Crippen molar-refractivity contribution in [2.45, 2.75) is 40.2 Å². The highest BCUT2D eigenvalue weighted by Gasteiger charge is 2.14. The molecule has 5 heteroatoms. The molecule has 2 aromatic heterocycles. The van der Waals surface area contributed by atoms with Gasteiger partial charge in [-0.1, -0.05) is 19.9 Å². The van der Waals surface area contributed by atoms with Crippen molar-refractivity contribution in [3.8, 4) is 10.8 Å². The van der Waals surface area contributed by atoms with Gasteiger partial charge in [-0.3, -0.25) is 4.79 Å². The first-order valence-corrected chi connectivity index (χ1v) is 7.60. The first-order valence-electron chi connectivity index (χ1n) is 6.72. The highest BCUT2D eigenvalue weighted by atomic mass is 32.1. The molecule has 0 fully saturated rings. The van der Waals surface area contributed by atoms with Crippen molar-refractivity contribution < 1.29 is 13.9 Å². The lowest BCUT2D eigenvalue weighted by Gasteiger charge is -2.04. The number of esters is 1. The molecule has 0 atom stereocenters. The van der Waals surface area contributed by atoms with Gasteiger partial charge in [0.15, 0.2) is 0 Å². The third-order valence-corrected chi connectivity index (χ3v) is 3.78. The van der Waals surface area contributed by atoms with Gasteiger partial charge in [0.25, 0.3) is 0 Å². The van der Waals surface area contributed by atoms with Gasteiger partial charge in [0.1, 0.15) is 18.1 Å². The minimum Gasteiger partial charge on any atom is -0.459 e. The monoisotopic (exact) mass is 293 g/mol. The van der Waals surface area contributed by atoms with Crippen LogP contribution in [0.15, 0.2) is 21.9 Å². The summed E-state index contributed by atoms with van der Waals surface area (Å²) in [5, 5.41) is 1.97. The van der Waals surface area contributed by atoms with Gasteiger partial charge in [-0.05, 0) is 30.7 Å². The van der Waals surface area contributed by atoms with E-state index in [4.69, 9.17) is 9.15 Å². The normalized spacial score (nSPS) is 11.0. The van der Waals surface area contributed by atoms with Gasteiger partial charge in [-0.25, -0.2) is 4.98 Å².